The van der Waals surface area contributed by atoms with Crippen LogP contribution in [0.2, 0.25) is 0 Å². The minimum atomic E-state index is -4.58. The Morgan fingerprint density at radius 1 is 1.12 bits per heavy atom. The van der Waals surface area contributed by atoms with Gasteiger partial charge in [0.1, 0.15) is 5.69 Å². The standard InChI is InChI=1S/C23H20F5N3O3/c1-12(14-6-8-15(9-7-14)22(33)34)29-21(32)18-17(30-31(2)19(18)20(24)25)11-13-4-3-5-16(10-13)23(26,27)28/h3-10,12,20H,11H2,1-2H3,(H,29,32)(H,33,34). The maximum atomic E-state index is 13.8. The van der Waals surface area contributed by atoms with E-state index >= 15 is 0 Å². The molecule has 0 spiro atoms. The molecule has 2 N–H and O–H groups in total. The number of alkyl halides is 5. The van der Waals surface area contributed by atoms with Crippen LogP contribution >= 0.6 is 0 Å². The van der Waals surface area contributed by atoms with E-state index < -0.39 is 47.3 Å². The van der Waals surface area contributed by atoms with Crippen LogP contribution < -0.4 is 5.32 Å². The summed E-state index contributed by atoms with van der Waals surface area (Å²) in [7, 11) is 1.22. The summed E-state index contributed by atoms with van der Waals surface area (Å²) in [6.07, 6.45) is -7.91. The first-order chi connectivity index (χ1) is 15.9. The third kappa shape index (κ3) is 5.41. The van der Waals surface area contributed by atoms with Gasteiger partial charge < -0.3 is 10.4 Å². The first-order valence-electron chi connectivity index (χ1n) is 10.0. The van der Waals surface area contributed by atoms with Crippen LogP contribution in [0.25, 0.3) is 0 Å². The van der Waals surface area contributed by atoms with Crippen molar-refractivity contribution in [3.8, 4) is 0 Å². The maximum absolute atomic E-state index is 13.8. The van der Waals surface area contributed by atoms with Crippen LogP contribution in [-0.2, 0) is 19.6 Å². The lowest BCUT2D eigenvalue weighted by Gasteiger charge is -2.16. The molecule has 1 unspecified atom stereocenters. The molecule has 0 fully saturated rings. The molecule has 0 radical (unpaired) electrons. The largest absolute Gasteiger partial charge is 0.478 e. The van der Waals surface area contributed by atoms with Crippen LogP contribution in [0.3, 0.4) is 0 Å². The van der Waals surface area contributed by atoms with E-state index in [1.807, 2.05) is 0 Å². The molecule has 1 aromatic heterocycles. The van der Waals surface area contributed by atoms with Crippen molar-refractivity contribution < 1.29 is 36.6 Å². The molecule has 0 saturated carbocycles. The van der Waals surface area contributed by atoms with Crippen LogP contribution in [0.5, 0.6) is 0 Å². The summed E-state index contributed by atoms with van der Waals surface area (Å²) in [6.45, 7) is 1.58. The first kappa shape index (κ1) is 24.9. The lowest BCUT2D eigenvalue weighted by molar-refractivity contribution is -0.137. The summed E-state index contributed by atoms with van der Waals surface area (Å²) in [6, 6.07) is 9.31. The van der Waals surface area contributed by atoms with Crippen molar-refractivity contribution in [1.82, 2.24) is 15.1 Å². The topological polar surface area (TPSA) is 84.2 Å². The summed E-state index contributed by atoms with van der Waals surface area (Å²) in [4.78, 5) is 24.0. The molecule has 2 aromatic carbocycles. The third-order valence-corrected chi connectivity index (χ3v) is 5.23. The van der Waals surface area contributed by atoms with Crippen molar-refractivity contribution in [2.24, 2.45) is 7.05 Å². The normalized spacial score (nSPS) is 12.6. The SMILES string of the molecule is CC(NC(=O)c1c(Cc2cccc(C(F)(F)F)c2)nn(C)c1C(F)F)c1ccc(C(=O)O)cc1. The lowest BCUT2D eigenvalue weighted by Crippen LogP contribution is -2.28. The quantitative estimate of drug-likeness (QED) is 0.457. The Bertz CT molecular complexity index is 1200. The summed E-state index contributed by atoms with van der Waals surface area (Å²) in [5, 5.41) is 15.6. The number of halogens is 5. The Labute approximate surface area is 191 Å². The zero-order chi connectivity index (χ0) is 25.2. The second kappa shape index (κ2) is 9.62. The van der Waals surface area contributed by atoms with Gasteiger partial charge >= 0.3 is 12.1 Å². The van der Waals surface area contributed by atoms with Gasteiger partial charge in [0.25, 0.3) is 12.3 Å². The fraction of sp³-hybridized carbons (Fsp3) is 0.261. The molecular formula is C23H20F5N3O3. The number of hydrogen-bond donors (Lipinski definition) is 2. The van der Waals surface area contributed by atoms with E-state index in [9.17, 15) is 31.5 Å². The smallest absolute Gasteiger partial charge is 0.416 e. The molecule has 3 aromatic rings. The average Bonchev–Trinajstić information content (AvgIpc) is 3.09. The van der Waals surface area contributed by atoms with Gasteiger partial charge in [0.2, 0.25) is 0 Å². The number of carbonyl (C=O) groups excluding carboxylic acids is 1. The molecule has 11 heteroatoms. The molecule has 3 rings (SSSR count). The van der Waals surface area contributed by atoms with Gasteiger partial charge in [0.15, 0.2) is 0 Å². The van der Waals surface area contributed by atoms with Gasteiger partial charge in [-0.3, -0.25) is 9.48 Å². The predicted molar refractivity (Wildman–Crippen MR) is 112 cm³/mol. The number of aromatic carboxylic acids is 1. The van der Waals surface area contributed by atoms with Crippen LogP contribution in [0.15, 0.2) is 48.5 Å². The fourth-order valence-electron chi connectivity index (χ4n) is 3.53. The van der Waals surface area contributed by atoms with E-state index in [0.717, 1.165) is 16.8 Å². The molecule has 1 heterocycles. The van der Waals surface area contributed by atoms with Gasteiger partial charge in [-0.15, -0.1) is 0 Å². The predicted octanol–water partition coefficient (Wildman–Crippen LogP) is 5.16. The fourth-order valence-corrected chi connectivity index (χ4v) is 3.53. The first-order valence-corrected chi connectivity index (χ1v) is 10.0. The number of carbonyl (C=O) groups is 2. The molecule has 0 aliphatic carbocycles. The molecular weight excluding hydrogens is 461 g/mol. The highest BCUT2D eigenvalue weighted by atomic mass is 19.4. The minimum Gasteiger partial charge on any atom is -0.478 e. The van der Waals surface area contributed by atoms with E-state index in [4.69, 9.17) is 5.11 Å². The number of rotatable bonds is 7. The second-order valence-corrected chi connectivity index (χ2v) is 7.63. The van der Waals surface area contributed by atoms with E-state index in [0.29, 0.717) is 5.56 Å². The molecule has 0 aliphatic heterocycles. The lowest BCUT2D eigenvalue weighted by atomic mass is 10.0. The summed E-state index contributed by atoms with van der Waals surface area (Å²) >= 11 is 0. The second-order valence-electron chi connectivity index (χ2n) is 7.63. The molecule has 6 nitrogen and oxygen atoms in total. The molecule has 1 amide bonds. The monoisotopic (exact) mass is 481 g/mol. The van der Waals surface area contributed by atoms with Crippen molar-refractivity contribution >= 4 is 11.9 Å². The molecule has 0 bridgehead atoms. The number of amides is 1. The molecule has 0 aliphatic rings. The maximum Gasteiger partial charge on any atom is 0.416 e. The van der Waals surface area contributed by atoms with Crippen molar-refractivity contribution in [3.05, 3.63) is 87.7 Å². The minimum absolute atomic E-state index is 0.0397. The van der Waals surface area contributed by atoms with Crippen molar-refractivity contribution in [3.63, 3.8) is 0 Å². The Morgan fingerprint density at radius 3 is 2.32 bits per heavy atom. The van der Waals surface area contributed by atoms with Gasteiger partial charge in [-0.1, -0.05) is 30.3 Å². The number of hydrogen-bond acceptors (Lipinski definition) is 3. The Kier molecular flexibility index (Phi) is 7.04. The number of carboxylic acid groups (broad SMARTS) is 1. The average molecular weight is 481 g/mol. The summed E-state index contributed by atoms with van der Waals surface area (Å²) in [5.74, 6) is -2.00. The number of nitrogens with one attached hydrogen (secondary N) is 1. The van der Waals surface area contributed by atoms with Crippen LogP contribution in [0.1, 0.15) is 68.2 Å². The highest BCUT2D eigenvalue weighted by Gasteiger charge is 2.32. The van der Waals surface area contributed by atoms with Crippen molar-refractivity contribution in [2.45, 2.75) is 32.0 Å². The van der Waals surface area contributed by atoms with E-state index in [2.05, 4.69) is 10.4 Å². The Morgan fingerprint density at radius 2 is 1.76 bits per heavy atom. The summed E-state index contributed by atoms with van der Waals surface area (Å²) in [5.41, 5.74) is -1.35. The number of aryl methyl sites for hydroxylation is 1. The Balaban J connectivity index is 1.92. The molecule has 0 saturated heterocycles. The van der Waals surface area contributed by atoms with Crippen molar-refractivity contribution in [2.75, 3.05) is 0 Å². The van der Waals surface area contributed by atoms with Gasteiger partial charge in [-0.05, 0) is 36.2 Å². The van der Waals surface area contributed by atoms with E-state index in [1.165, 1.54) is 43.4 Å². The van der Waals surface area contributed by atoms with Crippen LogP contribution in [-0.4, -0.2) is 26.8 Å². The van der Waals surface area contributed by atoms with Gasteiger partial charge in [0.05, 0.1) is 28.4 Å². The molecule has 34 heavy (non-hydrogen) atoms. The van der Waals surface area contributed by atoms with Gasteiger partial charge in [0, 0.05) is 13.5 Å². The molecule has 180 valence electrons. The van der Waals surface area contributed by atoms with Crippen molar-refractivity contribution in [1.29, 1.82) is 0 Å². The number of carboxylic acids is 1. The van der Waals surface area contributed by atoms with Crippen LogP contribution in [0.4, 0.5) is 22.0 Å². The van der Waals surface area contributed by atoms with Gasteiger partial charge in [-0.2, -0.15) is 18.3 Å². The van der Waals surface area contributed by atoms with E-state index in [1.54, 1.807) is 6.92 Å². The third-order valence-electron chi connectivity index (χ3n) is 5.23. The van der Waals surface area contributed by atoms with Crippen LogP contribution in [0, 0.1) is 0 Å². The highest BCUT2D eigenvalue weighted by molar-refractivity contribution is 5.97. The number of aromatic nitrogens is 2. The summed E-state index contributed by atoms with van der Waals surface area (Å²) < 4.78 is 67.5. The Hall–Kier alpha value is -3.76. The number of benzene rings is 2. The molecule has 1 atom stereocenters. The number of nitrogens with zero attached hydrogens (tertiary/aromatic N) is 2. The zero-order valence-corrected chi connectivity index (χ0v) is 18.0. The van der Waals surface area contributed by atoms with E-state index in [-0.39, 0.29) is 23.2 Å². The van der Waals surface area contributed by atoms with Gasteiger partial charge in [-0.25, -0.2) is 13.6 Å². The zero-order valence-electron chi connectivity index (χ0n) is 18.0. The highest BCUT2D eigenvalue weighted by Crippen LogP contribution is 2.31.